The second-order valence-corrected chi connectivity index (χ2v) is 4.47. The summed E-state index contributed by atoms with van der Waals surface area (Å²) in [6.07, 6.45) is 0. The number of benzene rings is 1. The molecule has 0 aliphatic heterocycles. The smallest absolute Gasteiger partial charge is 0.130 e. The molecular formula is C11H14BrFO. The van der Waals surface area contributed by atoms with E-state index in [1.165, 1.54) is 0 Å². The Balaban J connectivity index is 3.39. The third-order valence-corrected chi connectivity index (χ3v) is 3.28. The SMILES string of the molecule is Cc1cc(Br)c(C)c(C(C)CO)c1F. The number of hydrogen-bond donors (Lipinski definition) is 1. The molecule has 0 amide bonds. The Morgan fingerprint density at radius 3 is 2.57 bits per heavy atom. The van der Waals surface area contributed by atoms with Crippen molar-refractivity contribution in [1.82, 2.24) is 0 Å². The van der Waals surface area contributed by atoms with Crippen molar-refractivity contribution >= 4 is 15.9 Å². The van der Waals surface area contributed by atoms with Gasteiger partial charge in [0.1, 0.15) is 5.82 Å². The lowest BCUT2D eigenvalue weighted by Crippen LogP contribution is -2.06. The number of rotatable bonds is 2. The number of aliphatic hydroxyl groups excluding tert-OH is 1. The fourth-order valence-electron chi connectivity index (χ4n) is 1.54. The molecule has 14 heavy (non-hydrogen) atoms. The van der Waals surface area contributed by atoms with Gasteiger partial charge in [-0.2, -0.15) is 0 Å². The number of aliphatic hydroxyl groups is 1. The molecule has 1 atom stereocenters. The van der Waals surface area contributed by atoms with E-state index in [1.54, 1.807) is 13.0 Å². The molecule has 1 aromatic carbocycles. The summed E-state index contributed by atoms with van der Waals surface area (Å²) in [6.45, 7) is 5.37. The molecular weight excluding hydrogens is 247 g/mol. The van der Waals surface area contributed by atoms with E-state index >= 15 is 0 Å². The van der Waals surface area contributed by atoms with Crippen LogP contribution >= 0.6 is 15.9 Å². The zero-order valence-corrected chi connectivity index (χ0v) is 10.2. The normalized spacial score (nSPS) is 13.0. The first-order valence-electron chi connectivity index (χ1n) is 4.55. The van der Waals surface area contributed by atoms with Crippen LogP contribution in [0.3, 0.4) is 0 Å². The van der Waals surface area contributed by atoms with E-state index < -0.39 is 0 Å². The maximum absolute atomic E-state index is 13.7. The van der Waals surface area contributed by atoms with Gasteiger partial charge in [-0.3, -0.25) is 0 Å². The topological polar surface area (TPSA) is 20.2 Å². The molecule has 0 heterocycles. The molecule has 0 radical (unpaired) electrons. The fourth-order valence-corrected chi connectivity index (χ4v) is 2.10. The van der Waals surface area contributed by atoms with E-state index in [4.69, 9.17) is 5.11 Å². The summed E-state index contributed by atoms with van der Waals surface area (Å²) in [4.78, 5) is 0. The molecule has 1 nitrogen and oxygen atoms in total. The molecule has 0 aliphatic carbocycles. The minimum Gasteiger partial charge on any atom is -0.396 e. The first-order chi connectivity index (χ1) is 6.49. The van der Waals surface area contributed by atoms with Gasteiger partial charge in [0.05, 0.1) is 0 Å². The van der Waals surface area contributed by atoms with Gasteiger partial charge in [0.25, 0.3) is 0 Å². The molecule has 1 rings (SSSR count). The summed E-state index contributed by atoms with van der Waals surface area (Å²) in [5, 5.41) is 9.04. The molecule has 0 bridgehead atoms. The monoisotopic (exact) mass is 260 g/mol. The van der Waals surface area contributed by atoms with Crippen LogP contribution in [-0.2, 0) is 0 Å². The lowest BCUT2D eigenvalue weighted by atomic mass is 9.94. The number of aryl methyl sites for hydroxylation is 1. The molecule has 0 aliphatic rings. The van der Waals surface area contributed by atoms with E-state index in [9.17, 15) is 4.39 Å². The summed E-state index contributed by atoms with van der Waals surface area (Å²) >= 11 is 3.38. The average molecular weight is 261 g/mol. The number of hydrogen-bond acceptors (Lipinski definition) is 1. The molecule has 3 heteroatoms. The van der Waals surface area contributed by atoms with Crippen LogP contribution in [0.15, 0.2) is 10.5 Å². The van der Waals surface area contributed by atoms with Crippen LogP contribution in [0.2, 0.25) is 0 Å². The predicted molar refractivity (Wildman–Crippen MR) is 59.1 cm³/mol. The maximum Gasteiger partial charge on any atom is 0.130 e. The van der Waals surface area contributed by atoms with E-state index in [1.807, 2.05) is 13.8 Å². The summed E-state index contributed by atoms with van der Waals surface area (Å²) in [5.74, 6) is -0.363. The van der Waals surface area contributed by atoms with Crippen LogP contribution in [0.5, 0.6) is 0 Å². The summed E-state index contributed by atoms with van der Waals surface area (Å²) < 4.78 is 14.6. The van der Waals surface area contributed by atoms with Crippen molar-refractivity contribution in [3.63, 3.8) is 0 Å². The van der Waals surface area contributed by atoms with Gasteiger partial charge in [0, 0.05) is 17.0 Å². The van der Waals surface area contributed by atoms with E-state index in [0.717, 1.165) is 10.0 Å². The van der Waals surface area contributed by atoms with Gasteiger partial charge < -0.3 is 5.11 Å². The van der Waals surface area contributed by atoms with Crippen LogP contribution in [-0.4, -0.2) is 11.7 Å². The zero-order valence-electron chi connectivity index (χ0n) is 8.56. The highest BCUT2D eigenvalue weighted by Crippen LogP contribution is 2.30. The second-order valence-electron chi connectivity index (χ2n) is 3.61. The molecule has 1 unspecified atom stereocenters. The molecule has 0 aromatic heterocycles. The Morgan fingerprint density at radius 1 is 1.50 bits per heavy atom. The lowest BCUT2D eigenvalue weighted by molar-refractivity contribution is 0.270. The molecule has 0 saturated carbocycles. The Bertz CT molecular complexity index is 323. The Labute approximate surface area is 92.1 Å². The minimum atomic E-state index is -0.202. The third kappa shape index (κ3) is 1.98. The van der Waals surface area contributed by atoms with Crippen molar-refractivity contribution in [2.24, 2.45) is 0 Å². The van der Waals surface area contributed by atoms with Crippen LogP contribution in [0.4, 0.5) is 4.39 Å². The molecule has 0 spiro atoms. The molecule has 0 saturated heterocycles. The quantitative estimate of drug-likeness (QED) is 0.866. The highest BCUT2D eigenvalue weighted by Gasteiger charge is 2.17. The summed E-state index contributed by atoms with van der Waals surface area (Å²) in [6, 6.07) is 1.76. The molecule has 1 aromatic rings. The van der Waals surface area contributed by atoms with Gasteiger partial charge in [-0.15, -0.1) is 0 Å². The van der Waals surface area contributed by atoms with Crippen LogP contribution in [0.1, 0.15) is 29.5 Å². The molecule has 1 N–H and O–H groups in total. The standard InChI is InChI=1S/C11H14BrFO/c1-6-4-9(12)8(3)10(11(6)13)7(2)5-14/h4,7,14H,5H2,1-3H3. The summed E-state index contributed by atoms with van der Waals surface area (Å²) in [7, 11) is 0. The Hall–Kier alpha value is -0.410. The van der Waals surface area contributed by atoms with Crippen molar-refractivity contribution in [2.75, 3.05) is 6.61 Å². The van der Waals surface area contributed by atoms with E-state index in [2.05, 4.69) is 15.9 Å². The lowest BCUT2D eigenvalue weighted by Gasteiger charge is -2.16. The molecule has 78 valence electrons. The van der Waals surface area contributed by atoms with Crippen LogP contribution in [0, 0.1) is 19.7 Å². The van der Waals surface area contributed by atoms with Crippen LogP contribution in [0.25, 0.3) is 0 Å². The fraction of sp³-hybridized carbons (Fsp3) is 0.455. The number of halogens is 2. The average Bonchev–Trinajstić information content (AvgIpc) is 2.15. The van der Waals surface area contributed by atoms with Crippen molar-refractivity contribution in [2.45, 2.75) is 26.7 Å². The Kier molecular flexibility index (Phi) is 3.67. The molecule has 0 fully saturated rings. The maximum atomic E-state index is 13.7. The van der Waals surface area contributed by atoms with Gasteiger partial charge in [-0.05, 0) is 36.6 Å². The predicted octanol–water partition coefficient (Wildman–Crippen LogP) is 3.30. The van der Waals surface area contributed by atoms with Gasteiger partial charge >= 0.3 is 0 Å². The van der Waals surface area contributed by atoms with Crippen molar-refractivity contribution in [3.05, 3.63) is 33.0 Å². The van der Waals surface area contributed by atoms with Crippen LogP contribution < -0.4 is 0 Å². The largest absolute Gasteiger partial charge is 0.396 e. The van der Waals surface area contributed by atoms with Crippen molar-refractivity contribution < 1.29 is 9.50 Å². The first kappa shape index (κ1) is 11.7. The van der Waals surface area contributed by atoms with Gasteiger partial charge in [-0.25, -0.2) is 4.39 Å². The van der Waals surface area contributed by atoms with Crippen molar-refractivity contribution in [1.29, 1.82) is 0 Å². The third-order valence-electron chi connectivity index (χ3n) is 2.45. The Morgan fingerprint density at radius 2 is 2.07 bits per heavy atom. The van der Waals surface area contributed by atoms with Gasteiger partial charge in [0.15, 0.2) is 0 Å². The minimum absolute atomic E-state index is 0.0341. The van der Waals surface area contributed by atoms with Gasteiger partial charge in [-0.1, -0.05) is 22.9 Å². The van der Waals surface area contributed by atoms with Crippen molar-refractivity contribution in [3.8, 4) is 0 Å². The highest BCUT2D eigenvalue weighted by molar-refractivity contribution is 9.10. The van der Waals surface area contributed by atoms with E-state index in [0.29, 0.717) is 11.1 Å². The second kappa shape index (κ2) is 4.41. The van der Waals surface area contributed by atoms with E-state index in [-0.39, 0.29) is 18.3 Å². The highest BCUT2D eigenvalue weighted by atomic mass is 79.9. The zero-order chi connectivity index (χ0) is 10.9. The van der Waals surface area contributed by atoms with Gasteiger partial charge in [0.2, 0.25) is 0 Å². The summed E-state index contributed by atoms with van der Waals surface area (Å²) in [5.41, 5.74) is 2.09. The first-order valence-corrected chi connectivity index (χ1v) is 5.34.